The molecule has 8 heterocycles. The number of benzene rings is 1. The highest BCUT2D eigenvalue weighted by atomic mass is 32.5. The predicted molar refractivity (Wildman–Crippen MR) is 209 cm³/mol. The maximum atomic E-state index is 18.7. The lowest BCUT2D eigenvalue weighted by Gasteiger charge is -2.43. The second-order valence-electron chi connectivity index (χ2n) is 15.2. The van der Waals surface area contributed by atoms with Gasteiger partial charge in [-0.1, -0.05) is 32.0 Å². The molecule has 5 aromatic rings. The number of imidazole rings is 2. The van der Waals surface area contributed by atoms with Gasteiger partial charge in [-0.05, 0) is 42.2 Å². The summed E-state index contributed by atoms with van der Waals surface area (Å²) < 4.78 is 74.7. The fraction of sp³-hybridized carbons (Fsp3) is 0.455. The molecule has 4 saturated heterocycles. The molecular formula is C33H32F2N10O11P2S2. The van der Waals surface area contributed by atoms with Crippen molar-refractivity contribution in [3.8, 4) is 0 Å². The number of ether oxygens (including phenoxy) is 2. The Morgan fingerprint density at radius 1 is 0.967 bits per heavy atom. The Morgan fingerprint density at radius 3 is 2.42 bits per heavy atom. The highest BCUT2D eigenvalue weighted by molar-refractivity contribution is 8.07. The summed E-state index contributed by atoms with van der Waals surface area (Å²) in [5.74, 6) is -1.72. The second kappa shape index (κ2) is 13.7. The van der Waals surface area contributed by atoms with E-state index in [2.05, 4.69) is 40.5 Å². The number of rotatable bonds is 6. The summed E-state index contributed by atoms with van der Waals surface area (Å²) in [5.41, 5.74) is -7.95. The molecule has 3 unspecified atom stereocenters. The number of alkyl halides is 2. The Kier molecular flexibility index (Phi) is 9.13. The lowest BCUT2D eigenvalue weighted by Crippen LogP contribution is -2.60. The van der Waals surface area contributed by atoms with E-state index in [-0.39, 0.29) is 34.1 Å². The molecule has 11 atom stereocenters. The molecule has 1 saturated carbocycles. The third-order valence-electron chi connectivity index (χ3n) is 11.5. The summed E-state index contributed by atoms with van der Waals surface area (Å²) in [6.45, 7) is -7.19. The number of fused-ring (bicyclic) bond motifs is 2. The van der Waals surface area contributed by atoms with Gasteiger partial charge in [-0.3, -0.25) is 42.9 Å². The smallest absolute Gasteiger partial charge is 0.325 e. The molecule has 0 radical (unpaired) electrons. The van der Waals surface area contributed by atoms with Crippen LogP contribution in [0.15, 0.2) is 54.1 Å². The minimum Gasteiger partial charge on any atom is -0.349 e. The third-order valence-corrected chi connectivity index (χ3v) is 14.6. The van der Waals surface area contributed by atoms with Crippen molar-refractivity contribution in [2.24, 2.45) is 11.3 Å². The molecule has 27 heteroatoms. The summed E-state index contributed by atoms with van der Waals surface area (Å²) in [6.07, 6.45) is -7.70. The number of nitrogens with one attached hydrogen (secondary N) is 3. The van der Waals surface area contributed by atoms with Gasteiger partial charge < -0.3 is 33.6 Å². The van der Waals surface area contributed by atoms with E-state index in [9.17, 15) is 24.2 Å². The van der Waals surface area contributed by atoms with E-state index in [1.165, 1.54) is 10.9 Å². The standard InChI is InChI=1S/C33H32F2N10O11P2S2/c1-14(2)25(46)42-30-41-24-19(27(48)43-30)39-13-45(24)28-17(34)20-32(54-28)10-52-58(50,60)56-21-29(53-16(8-51-57(49,59)55-20)31(21)9-33(31,32)35)44-12-38-18-22(36-11-37-23(18)44)40-26(47)15-6-4-3-5-7-15/h3-7,11-14,16-17,20-21,28-29H,8-10H2,1-2H3,(H,49,59)(H,50,60)(H,36,37,40,47)(H2,41,42,43,46,48)/t16-,17-,20+,21+,28-,29-,31-,32-,33?,57?,58?/m1/s1. The first-order valence-corrected chi connectivity index (χ1v) is 23.5. The van der Waals surface area contributed by atoms with Crippen LogP contribution in [-0.2, 0) is 56.0 Å². The molecular weight excluding hydrogens is 877 g/mol. The number of hydrogen-bond donors (Lipinski definition) is 5. The number of carbonyl (C=O) groups excluding carboxylic acids is 2. The van der Waals surface area contributed by atoms with Crippen LogP contribution in [0.3, 0.4) is 0 Å². The van der Waals surface area contributed by atoms with E-state index >= 15 is 8.78 Å². The van der Waals surface area contributed by atoms with Gasteiger partial charge in [0.2, 0.25) is 11.9 Å². The number of H-pyrrole nitrogens is 1. The molecule has 2 spiro atoms. The number of carbonyl (C=O) groups is 2. The molecule has 10 rings (SSSR count). The van der Waals surface area contributed by atoms with Gasteiger partial charge in [0.25, 0.3) is 11.5 Å². The molecule has 4 aliphatic heterocycles. The van der Waals surface area contributed by atoms with Crippen LogP contribution >= 0.6 is 13.4 Å². The minimum atomic E-state index is -4.47. The van der Waals surface area contributed by atoms with E-state index < -0.39 is 110 Å². The Labute approximate surface area is 345 Å². The van der Waals surface area contributed by atoms with Crippen LogP contribution in [0.1, 0.15) is 43.1 Å². The van der Waals surface area contributed by atoms with Crippen molar-refractivity contribution >= 4 is 83.0 Å². The van der Waals surface area contributed by atoms with Crippen LogP contribution in [0.25, 0.3) is 22.3 Å². The number of amides is 2. The van der Waals surface area contributed by atoms with Gasteiger partial charge >= 0.3 is 13.4 Å². The Bertz CT molecular complexity index is 2790. The highest BCUT2D eigenvalue weighted by Gasteiger charge is 2.92. The number of aromatic amines is 1. The van der Waals surface area contributed by atoms with Crippen molar-refractivity contribution in [1.29, 1.82) is 0 Å². The molecule has 21 nitrogen and oxygen atoms in total. The van der Waals surface area contributed by atoms with Gasteiger partial charge in [-0.25, -0.2) is 28.7 Å². The van der Waals surface area contributed by atoms with Gasteiger partial charge in [0.15, 0.2) is 58.0 Å². The molecule has 5 aliphatic rings. The van der Waals surface area contributed by atoms with Crippen molar-refractivity contribution in [2.75, 3.05) is 23.8 Å². The number of anilines is 2. The fourth-order valence-corrected chi connectivity index (χ4v) is 11.5. The van der Waals surface area contributed by atoms with Crippen LogP contribution in [0.4, 0.5) is 20.5 Å². The third kappa shape index (κ3) is 5.90. The van der Waals surface area contributed by atoms with E-state index in [1.54, 1.807) is 44.2 Å². The second-order valence-corrected chi connectivity index (χ2v) is 20.8. The number of halogens is 2. The molecule has 316 valence electrons. The topological polar surface area (TPSA) is 261 Å². The quantitative estimate of drug-likeness (QED) is 0.153. The number of hydrogen-bond acceptors (Lipinski definition) is 16. The first kappa shape index (κ1) is 40.0. The van der Waals surface area contributed by atoms with Gasteiger partial charge in [-0.15, -0.1) is 0 Å². The van der Waals surface area contributed by atoms with E-state index in [0.717, 1.165) is 17.2 Å². The zero-order valence-corrected chi connectivity index (χ0v) is 34.4. The SMILES string of the molecule is CC(C)C(=O)Nc1nc2c(ncn2[C@@H]2O[C@]34COP(O)(=S)O[C@H]5[C@H](n6cnc7c(NC(=O)c8ccccc8)ncnc76)O[C@H](COP(O)(=S)O[C@H]3[C@H]2F)[C@]52CC24F)c(=O)[nH]1. The lowest BCUT2D eigenvalue weighted by molar-refractivity contribution is -0.187. The Balaban J connectivity index is 1.07. The van der Waals surface area contributed by atoms with E-state index in [4.69, 9.17) is 51.2 Å². The zero-order chi connectivity index (χ0) is 42.1. The minimum absolute atomic E-state index is 0.0345. The maximum Gasteiger partial charge on any atom is 0.325 e. The van der Waals surface area contributed by atoms with Gasteiger partial charge in [0.1, 0.15) is 18.5 Å². The lowest BCUT2D eigenvalue weighted by atomic mass is 9.79. The summed E-state index contributed by atoms with van der Waals surface area (Å²) in [7, 11) is 0. The molecule has 2 amide bonds. The molecule has 1 aliphatic carbocycles. The zero-order valence-electron chi connectivity index (χ0n) is 30.9. The largest absolute Gasteiger partial charge is 0.349 e. The number of nitrogens with zero attached hydrogens (tertiary/aromatic N) is 7. The molecule has 5 N–H and O–H groups in total. The van der Waals surface area contributed by atoms with Crippen LogP contribution in [-0.4, -0.2) is 110 Å². The Hall–Kier alpha value is -4.10. The molecule has 60 heavy (non-hydrogen) atoms. The number of aromatic nitrogens is 8. The van der Waals surface area contributed by atoms with E-state index in [0.29, 0.717) is 5.56 Å². The fourth-order valence-electron chi connectivity index (χ4n) is 8.62. The summed E-state index contributed by atoms with van der Waals surface area (Å²) in [4.78, 5) is 85.3. The van der Waals surface area contributed by atoms with E-state index in [1.807, 2.05) is 0 Å². The summed E-state index contributed by atoms with van der Waals surface area (Å²) in [6, 6.07) is 8.36. The van der Waals surface area contributed by atoms with Crippen LogP contribution in [0.5, 0.6) is 0 Å². The van der Waals surface area contributed by atoms with Crippen molar-refractivity contribution in [1.82, 2.24) is 39.0 Å². The highest BCUT2D eigenvalue weighted by Crippen LogP contribution is 2.80. The molecule has 5 fully saturated rings. The summed E-state index contributed by atoms with van der Waals surface area (Å²) in [5, 5.41) is 5.18. The average molecular weight is 909 g/mol. The van der Waals surface area contributed by atoms with Crippen LogP contribution in [0.2, 0.25) is 0 Å². The molecule has 1 aromatic carbocycles. The molecule has 2 bridgehead atoms. The summed E-state index contributed by atoms with van der Waals surface area (Å²) >= 11 is 10.8. The first-order valence-electron chi connectivity index (χ1n) is 18.3. The van der Waals surface area contributed by atoms with Gasteiger partial charge in [-0.2, -0.15) is 4.98 Å². The maximum absolute atomic E-state index is 18.7. The van der Waals surface area contributed by atoms with Crippen LogP contribution < -0.4 is 16.2 Å². The monoisotopic (exact) mass is 908 g/mol. The molecule has 4 aromatic heterocycles. The first-order chi connectivity index (χ1) is 28.5. The Morgan fingerprint density at radius 2 is 1.67 bits per heavy atom. The van der Waals surface area contributed by atoms with Crippen molar-refractivity contribution < 1.29 is 55.7 Å². The average Bonchev–Trinajstić information content (AvgIpc) is 3.64. The van der Waals surface area contributed by atoms with Gasteiger partial charge in [0.05, 0.1) is 37.4 Å². The van der Waals surface area contributed by atoms with Gasteiger partial charge in [0, 0.05) is 11.5 Å². The van der Waals surface area contributed by atoms with Crippen molar-refractivity contribution in [3.63, 3.8) is 0 Å². The van der Waals surface area contributed by atoms with Crippen molar-refractivity contribution in [2.45, 2.75) is 68.5 Å². The van der Waals surface area contributed by atoms with Crippen molar-refractivity contribution in [3.05, 3.63) is 65.2 Å². The predicted octanol–water partition coefficient (Wildman–Crippen LogP) is 2.67. The normalized spacial score (nSPS) is 37.0. The van der Waals surface area contributed by atoms with Crippen LogP contribution in [0, 0.1) is 11.3 Å².